The van der Waals surface area contributed by atoms with E-state index in [1.165, 1.54) is 0 Å². The van der Waals surface area contributed by atoms with Crippen LogP contribution in [0.5, 0.6) is 0 Å². The van der Waals surface area contributed by atoms with Crippen molar-refractivity contribution in [2.75, 3.05) is 24.3 Å². The maximum atomic E-state index is 11.6. The Morgan fingerprint density at radius 1 is 1.50 bits per heavy atom. The van der Waals surface area contributed by atoms with Gasteiger partial charge in [0.2, 0.25) is 0 Å². The highest BCUT2D eigenvalue weighted by Gasteiger charge is 2.07. The van der Waals surface area contributed by atoms with Crippen LogP contribution in [0.25, 0.3) is 0 Å². The summed E-state index contributed by atoms with van der Waals surface area (Å²) in [5, 5.41) is 0. The zero-order valence-electron chi connectivity index (χ0n) is 9.66. The predicted molar refractivity (Wildman–Crippen MR) is 68.9 cm³/mol. The molecule has 0 fully saturated rings. The van der Waals surface area contributed by atoms with Gasteiger partial charge in [-0.15, -0.1) is 0 Å². The molecule has 0 aliphatic rings. The summed E-state index contributed by atoms with van der Waals surface area (Å²) in [5.41, 5.74) is 7.83. The Kier molecular flexibility index (Phi) is 5.19. The van der Waals surface area contributed by atoms with Gasteiger partial charge >= 0.3 is 5.97 Å². The number of hydrogen-bond acceptors (Lipinski definition) is 4. The number of aryl methyl sites for hydroxylation is 1. The van der Waals surface area contributed by atoms with Gasteiger partial charge in [0, 0.05) is 5.69 Å². The summed E-state index contributed by atoms with van der Waals surface area (Å²) >= 11 is 1.75. The van der Waals surface area contributed by atoms with Crippen LogP contribution >= 0.6 is 11.8 Å². The summed E-state index contributed by atoms with van der Waals surface area (Å²) in [6.07, 6.45) is 2.92. The zero-order chi connectivity index (χ0) is 12.0. The van der Waals surface area contributed by atoms with E-state index in [2.05, 4.69) is 0 Å². The summed E-state index contributed by atoms with van der Waals surface area (Å²) in [5.74, 6) is 0.734. The minimum Gasteiger partial charge on any atom is -0.462 e. The lowest BCUT2D eigenvalue weighted by Crippen LogP contribution is -2.07. The van der Waals surface area contributed by atoms with Gasteiger partial charge in [-0.2, -0.15) is 11.8 Å². The molecular weight excluding hydrogens is 222 g/mol. The molecule has 4 heteroatoms. The van der Waals surface area contributed by atoms with Crippen LogP contribution in [0.4, 0.5) is 5.69 Å². The minimum atomic E-state index is -0.274. The molecule has 0 saturated heterocycles. The summed E-state index contributed by atoms with van der Waals surface area (Å²) in [6.45, 7) is 2.35. The second-order valence-electron chi connectivity index (χ2n) is 3.55. The van der Waals surface area contributed by atoms with E-state index in [1.54, 1.807) is 30.0 Å². The van der Waals surface area contributed by atoms with Crippen LogP contribution in [0.15, 0.2) is 18.2 Å². The molecule has 3 nitrogen and oxygen atoms in total. The Labute approximate surface area is 100 Å². The highest BCUT2D eigenvalue weighted by Crippen LogP contribution is 2.13. The van der Waals surface area contributed by atoms with Gasteiger partial charge < -0.3 is 10.5 Å². The summed E-state index contributed by atoms with van der Waals surface area (Å²) in [4.78, 5) is 11.6. The lowest BCUT2D eigenvalue weighted by atomic mass is 10.1. The third kappa shape index (κ3) is 3.77. The fourth-order valence-electron chi connectivity index (χ4n) is 1.25. The second-order valence-corrected chi connectivity index (χ2v) is 4.54. The molecular formula is C12H17NO2S. The van der Waals surface area contributed by atoms with Gasteiger partial charge in [-0.3, -0.25) is 0 Å². The Morgan fingerprint density at radius 3 is 2.88 bits per heavy atom. The number of hydrogen-bond donors (Lipinski definition) is 1. The SMILES string of the molecule is CSCCCOC(=O)c1ccc(N)c(C)c1. The summed E-state index contributed by atoms with van der Waals surface area (Å²) in [6, 6.07) is 5.18. The fraction of sp³-hybridized carbons (Fsp3) is 0.417. The first kappa shape index (κ1) is 12.9. The van der Waals surface area contributed by atoms with Gasteiger partial charge in [-0.25, -0.2) is 4.79 Å². The largest absolute Gasteiger partial charge is 0.462 e. The van der Waals surface area contributed by atoms with Crippen molar-refractivity contribution in [3.8, 4) is 0 Å². The molecule has 0 bridgehead atoms. The average Bonchev–Trinajstić information content (AvgIpc) is 2.28. The lowest BCUT2D eigenvalue weighted by molar-refractivity contribution is 0.0506. The maximum absolute atomic E-state index is 11.6. The van der Waals surface area contributed by atoms with Crippen molar-refractivity contribution in [2.45, 2.75) is 13.3 Å². The molecule has 1 aromatic carbocycles. The molecule has 0 radical (unpaired) electrons. The molecule has 1 aromatic rings. The topological polar surface area (TPSA) is 52.3 Å². The number of ether oxygens (including phenoxy) is 1. The van der Waals surface area contributed by atoms with Crippen LogP contribution in [0.1, 0.15) is 22.3 Å². The van der Waals surface area contributed by atoms with Gasteiger partial charge in [0.1, 0.15) is 0 Å². The second kappa shape index (κ2) is 6.43. The van der Waals surface area contributed by atoms with Gasteiger partial charge in [0.15, 0.2) is 0 Å². The first-order valence-electron chi connectivity index (χ1n) is 5.17. The smallest absolute Gasteiger partial charge is 0.338 e. The van der Waals surface area contributed by atoms with Gasteiger partial charge in [0.25, 0.3) is 0 Å². The van der Waals surface area contributed by atoms with E-state index in [-0.39, 0.29) is 5.97 Å². The molecule has 2 N–H and O–H groups in total. The number of carbonyl (C=O) groups is 1. The van der Waals surface area contributed by atoms with E-state index in [0.717, 1.165) is 17.7 Å². The van der Waals surface area contributed by atoms with Gasteiger partial charge in [0.05, 0.1) is 12.2 Å². The van der Waals surface area contributed by atoms with E-state index in [4.69, 9.17) is 10.5 Å². The number of rotatable bonds is 5. The molecule has 0 heterocycles. The minimum absolute atomic E-state index is 0.274. The van der Waals surface area contributed by atoms with Gasteiger partial charge in [-0.1, -0.05) is 0 Å². The summed E-state index contributed by atoms with van der Waals surface area (Å²) in [7, 11) is 0. The number of anilines is 1. The fourth-order valence-corrected chi connectivity index (χ4v) is 1.66. The van der Waals surface area contributed by atoms with Crippen LogP contribution in [-0.2, 0) is 4.74 Å². The van der Waals surface area contributed by atoms with Crippen molar-refractivity contribution >= 4 is 23.4 Å². The van der Waals surface area contributed by atoms with E-state index in [1.807, 2.05) is 13.2 Å². The maximum Gasteiger partial charge on any atom is 0.338 e. The van der Waals surface area contributed by atoms with Crippen molar-refractivity contribution < 1.29 is 9.53 Å². The molecule has 0 atom stereocenters. The molecule has 0 saturated carbocycles. The van der Waals surface area contributed by atoms with Crippen molar-refractivity contribution in [3.63, 3.8) is 0 Å². The van der Waals surface area contributed by atoms with Crippen molar-refractivity contribution in [2.24, 2.45) is 0 Å². The van der Waals surface area contributed by atoms with Crippen LogP contribution in [0, 0.1) is 6.92 Å². The first-order chi connectivity index (χ1) is 7.65. The first-order valence-corrected chi connectivity index (χ1v) is 6.56. The van der Waals surface area contributed by atoms with Crippen LogP contribution in [-0.4, -0.2) is 24.6 Å². The molecule has 0 unspecified atom stereocenters. The lowest BCUT2D eigenvalue weighted by Gasteiger charge is -2.06. The molecule has 0 aliphatic heterocycles. The molecule has 88 valence electrons. The summed E-state index contributed by atoms with van der Waals surface area (Å²) < 4.78 is 5.13. The predicted octanol–water partition coefficient (Wildman–Crippen LogP) is 2.49. The highest BCUT2D eigenvalue weighted by molar-refractivity contribution is 7.98. The molecule has 0 amide bonds. The van der Waals surface area contributed by atoms with E-state index < -0.39 is 0 Å². The number of nitrogen functional groups attached to an aromatic ring is 1. The number of esters is 1. The molecule has 0 aliphatic carbocycles. The highest BCUT2D eigenvalue weighted by atomic mass is 32.2. The van der Waals surface area contributed by atoms with E-state index in [0.29, 0.717) is 17.9 Å². The molecule has 0 aromatic heterocycles. The average molecular weight is 239 g/mol. The molecule has 16 heavy (non-hydrogen) atoms. The Bertz CT molecular complexity index is 366. The zero-order valence-corrected chi connectivity index (χ0v) is 10.5. The van der Waals surface area contributed by atoms with E-state index in [9.17, 15) is 4.79 Å². The number of carbonyl (C=O) groups excluding carboxylic acids is 1. The Hall–Kier alpha value is -1.16. The quantitative estimate of drug-likeness (QED) is 0.487. The third-order valence-electron chi connectivity index (χ3n) is 2.23. The molecule has 0 spiro atoms. The normalized spacial score (nSPS) is 10.1. The van der Waals surface area contributed by atoms with Crippen molar-refractivity contribution in [1.29, 1.82) is 0 Å². The Balaban J connectivity index is 2.50. The van der Waals surface area contributed by atoms with Crippen LogP contribution in [0.3, 0.4) is 0 Å². The van der Waals surface area contributed by atoms with Crippen LogP contribution < -0.4 is 5.73 Å². The monoisotopic (exact) mass is 239 g/mol. The number of thioether (sulfide) groups is 1. The standard InChI is InChI=1S/C12H17NO2S/c1-9-8-10(4-5-11(9)13)12(14)15-6-3-7-16-2/h4-5,8H,3,6-7,13H2,1-2H3. The van der Waals surface area contributed by atoms with Crippen LogP contribution in [0.2, 0.25) is 0 Å². The number of nitrogens with two attached hydrogens (primary N) is 1. The Morgan fingerprint density at radius 2 is 2.25 bits per heavy atom. The van der Waals surface area contributed by atoms with E-state index >= 15 is 0 Å². The molecule has 1 rings (SSSR count). The van der Waals surface area contributed by atoms with Crippen molar-refractivity contribution in [3.05, 3.63) is 29.3 Å². The third-order valence-corrected chi connectivity index (χ3v) is 2.93. The van der Waals surface area contributed by atoms with Crippen molar-refractivity contribution in [1.82, 2.24) is 0 Å². The number of benzene rings is 1. The van der Waals surface area contributed by atoms with Gasteiger partial charge in [-0.05, 0) is 49.1 Å².